The fraction of sp³-hybridized carbons (Fsp3) is 0.409. The van der Waals surface area contributed by atoms with E-state index < -0.39 is 5.97 Å². The summed E-state index contributed by atoms with van der Waals surface area (Å²) in [4.78, 5) is 13.7. The number of hydrogen-bond acceptors (Lipinski definition) is 2. The molecule has 3 rings (SSSR count). The van der Waals surface area contributed by atoms with Gasteiger partial charge in [-0.1, -0.05) is 60.7 Å². The summed E-state index contributed by atoms with van der Waals surface area (Å²) < 4.78 is 0. The smallest absolute Gasteiger partial charge is 0.307 e. The lowest BCUT2D eigenvalue weighted by Crippen LogP contribution is -2.41. The van der Waals surface area contributed by atoms with Crippen LogP contribution in [0.5, 0.6) is 0 Å². The largest absolute Gasteiger partial charge is 0.481 e. The Balaban J connectivity index is 1.68. The lowest BCUT2D eigenvalue weighted by molar-refractivity contribution is -0.143. The van der Waals surface area contributed by atoms with Crippen molar-refractivity contribution in [3.05, 3.63) is 71.8 Å². The van der Waals surface area contributed by atoms with Gasteiger partial charge in [0.15, 0.2) is 0 Å². The van der Waals surface area contributed by atoms with Crippen LogP contribution in [0.15, 0.2) is 60.7 Å². The molecule has 1 aliphatic heterocycles. The Hall–Kier alpha value is -2.13. The van der Waals surface area contributed by atoms with Gasteiger partial charge in [0, 0.05) is 13.1 Å². The minimum Gasteiger partial charge on any atom is -0.481 e. The summed E-state index contributed by atoms with van der Waals surface area (Å²) in [5, 5.41) is 9.33. The van der Waals surface area contributed by atoms with Crippen LogP contribution in [0.25, 0.3) is 0 Å². The van der Waals surface area contributed by atoms with Crippen molar-refractivity contribution in [2.24, 2.45) is 11.8 Å². The van der Waals surface area contributed by atoms with Crippen molar-refractivity contribution in [1.29, 1.82) is 0 Å². The van der Waals surface area contributed by atoms with Crippen molar-refractivity contribution < 1.29 is 9.90 Å². The van der Waals surface area contributed by atoms with E-state index in [0.29, 0.717) is 12.5 Å². The highest BCUT2D eigenvalue weighted by atomic mass is 16.4. The summed E-state index contributed by atoms with van der Waals surface area (Å²) in [7, 11) is 0. The van der Waals surface area contributed by atoms with E-state index in [1.807, 2.05) is 0 Å². The van der Waals surface area contributed by atoms with E-state index in [9.17, 15) is 9.90 Å². The van der Waals surface area contributed by atoms with E-state index >= 15 is 0 Å². The Morgan fingerprint density at radius 2 is 1.56 bits per heavy atom. The monoisotopic (exact) mass is 337 g/mol. The van der Waals surface area contributed by atoms with Crippen LogP contribution in [0.1, 0.15) is 24.0 Å². The molecule has 2 aromatic rings. The van der Waals surface area contributed by atoms with Gasteiger partial charge in [-0.3, -0.25) is 4.79 Å². The average Bonchev–Trinajstić information content (AvgIpc) is 2.63. The van der Waals surface area contributed by atoms with Crippen molar-refractivity contribution in [2.45, 2.75) is 25.7 Å². The quantitative estimate of drug-likeness (QED) is 0.833. The molecule has 1 unspecified atom stereocenters. The third-order valence-corrected chi connectivity index (χ3v) is 5.11. The van der Waals surface area contributed by atoms with Gasteiger partial charge >= 0.3 is 5.97 Å². The third-order valence-electron chi connectivity index (χ3n) is 5.11. The molecule has 0 aromatic heterocycles. The van der Waals surface area contributed by atoms with Crippen molar-refractivity contribution in [3.8, 4) is 0 Å². The Kier molecular flexibility index (Phi) is 6.24. The maximum Gasteiger partial charge on any atom is 0.307 e. The normalized spacial score (nSPS) is 18.4. The number of piperidine rings is 1. The lowest BCUT2D eigenvalue weighted by atomic mass is 9.90. The number of rotatable bonds is 7. The maximum atomic E-state index is 11.3. The van der Waals surface area contributed by atoms with Crippen LogP contribution in [0, 0.1) is 11.8 Å². The van der Waals surface area contributed by atoms with Crippen molar-refractivity contribution >= 4 is 5.97 Å². The Labute approximate surface area is 150 Å². The van der Waals surface area contributed by atoms with Crippen LogP contribution in [-0.4, -0.2) is 35.6 Å². The summed E-state index contributed by atoms with van der Waals surface area (Å²) in [6.07, 6.45) is 3.86. The molecule has 132 valence electrons. The molecule has 1 N–H and O–H groups in total. The van der Waals surface area contributed by atoms with E-state index in [0.717, 1.165) is 38.8 Å². The van der Waals surface area contributed by atoms with E-state index in [4.69, 9.17) is 0 Å². The highest BCUT2D eigenvalue weighted by Gasteiger charge is 2.26. The SMILES string of the molecule is O=C(O)C1CCCN(CC(Cc2ccccc2)Cc2ccccc2)C1. The lowest BCUT2D eigenvalue weighted by Gasteiger charge is -2.33. The fourth-order valence-corrected chi connectivity index (χ4v) is 3.88. The molecule has 0 aliphatic carbocycles. The Morgan fingerprint density at radius 3 is 2.08 bits per heavy atom. The molecule has 1 aliphatic rings. The van der Waals surface area contributed by atoms with Crippen LogP contribution in [0.4, 0.5) is 0 Å². The Bertz CT molecular complexity index is 615. The van der Waals surface area contributed by atoms with E-state index in [2.05, 4.69) is 65.6 Å². The zero-order chi connectivity index (χ0) is 17.5. The van der Waals surface area contributed by atoms with Crippen molar-refractivity contribution in [3.63, 3.8) is 0 Å². The highest BCUT2D eigenvalue weighted by Crippen LogP contribution is 2.21. The van der Waals surface area contributed by atoms with E-state index in [-0.39, 0.29) is 5.92 Å². The first-order chi connectivity index (χ1) is 12.2. The molecular weight excluding hydrogens is 310 g/mol. The first-order valence-corrected chi connectivity index (χ1v) is 9.23. The molecule has 0 amide bonds. The molecule has 0 spiro atoms. The maximum absolute atomic E-state index is 11.3. The fourth-order valence-electron chi connectivity index (χ4n) is 3.88. The second-order valence-corrected chi connectivity index (χ2v) is 7.18. The van der Waals surface area contributed by atoms with Gasteiger partial charge in [-0.15, -0.1) is 0 Å². The first-order valence-electron chi connectivity index (χ1n) is 9.23. The predicted molar refractivity (Wildman–Crippen MR) is 101 cm³/mol. The predicted octanol–water partition coefficient (Wildman–Crippen LogP) is 3.88. The number of carboxylic acid groups (broad SMARTS) is 1. The van der Waals surface area contributed by atoms with Crippen LogP contribution in [-0.2, 0) is 17.6 Å². The number of hydrogen-bond donors (Lipinski definition) is 1. The molecule has 2 aromatic carbocycles. The molecule has 25 heavy (non-hydrogen) atoms. The van der Waals surface area contributed by atoms with Gasteiger partial charge in [0.05, 0.1) is 5.92 Å². The minimum atomic E-state index is -0.646. The average molecular weight is 337 g/mol. The second-order valence-electron chi connectivity index (χ2n) is 7.18. The molecule has 1 fully saturated rings. The zero-order valence-electron chi connectivity index (χ0n) is 14.7. The number of aliphatic carboxylic acids is 1. The van der Waals surface area contributed by atoms with Crippen LogP contribution >= 0.6 is 0 Å². The molecule has 0 radical (unpaired) electrons. The molecule has 1 atom stereocenters. The van der Waals surface area contributed by atoms with Crippen LogP contribution in [0.3, 0.4) is 0 Å². The summed E-state index contributed by atoms with van der Waals surface area (Å²) in [6, 6.07) is 21.2. The van der Waals surface area contributed by atoms with Gasteiger partial charge in [-0.2, -0.15) is 0 Å². The molecule has 3 heteroatoms. The van der Waals surface area contributed by atoms with Gasteiger partial charge in [0.25, 0.3) is 0 Å². The molecular formula is C22H27NO2. The minimum absolute atomic E-state index is 0.206. The molecule has 3 nitrogen and oxygen atoms in total. The van der Waals surface area contributed by atoms with Gasteiger partial charge < -0.3 is 10.0 Å². The second kappa shape index (κ2) is 8.82. The van der Waals surface area contributed by atoms with Gasteiger partial charge in [0.2, 0.25) is 0 Å². The van der Waals surface area contributed by atoms with Crippen LogP contribution in [0.2, 0.25) is 0 Å². The third kappa shape index (κ3) is 5.43. The van der Waals surface area contributed by atoms with Crippen molar-refractivity contribution in [2.75, 3.05) is 19.6 Å². The highest BCUT2D eigenvalue weighted by molar-refractivity contribution is 5.70. The number of carbonyl (C=O) groups is 1. The standard InChI is InChI=1S/C22H27NO2/c24-22(25)21-12-7-13-23(17-21)16-20(14-18-8-3-1-4-9-18)15-19-10-5-2-6-11-19/h1-6,8-11,20-21H,7,12-17H2,(H,24,25). The van der Waals surface area contributed by atoms with Crippen molar-refractivity contribution in [1.82, 2.24) is 4.90 Å². The topological polar surface area (TPSA) is 40.5 Å². The summed E-state index contributed by atoms with van der Waals surface area (Å²) in [6.45, 7) is 2.67. The summed E-state index contributed by atoms with van der Waals surface area (Å²) in [5.41, 5.74) is 2.71. The number of likely N-dealkylation sites (tertiary alicyclic amines) is 1. The first kappa shape index (κ1) is 17.7. The van der Waals surface area contributed by atoms with Gasteiger partial charge in [-0.25, -0.2) is 0 Å². The molecule has 0 bridgehead atoms. The number of carboxylic acids is 1. The molecule has 1 heterocycles. The molecule has 1 saturated heterocycles. The molecule has 0 saturated carbocycles. The van der Waals surface area contributed by atoms with Gasteiger partial charge in [0.1, 0.15) is 0 Å². The van der Waals surface area contributed by atoms with Gasteiger partial charge in [-0.05, 0) is 49.3 Å². The van der Waals surface area contributed by atoms with Crippen LogP contribution < -0.4 is 0 Å². The number of benzene rings is 2. The summed E-state index contributed by atoms with van der Waals surface area (Å²) >= 11 is 0. The number of nitrogens with zero attached hydrogens (tertiary/aromatic N) is 1. The zero-order valence-corrected chi connectivity index (χ0v) is 14.7. The Morgan fingerprint density at radius 1 is 1.00 bits per heavy atom. The summed E-state index contributed by atoms with van der Waals surface area (Å²) in [5.74, 6) is -0.354. The van der Waals surface area contributed by atoms with E-state index in [1.165, 1.54) is 11.1 Å². The van der Waals surface area contributed by atoms with E-state index in [1.54, 1.807) is 0 Å².